The van der Waals surface area contributed by atoms with Crippen LogP contribution in [0.1, 0.15) is 118 Å². The van der Waals surface area contributed by atoms with Crippen molar-refractivity contribution in [2.75, 3.05) is 33.9 Å². The Hall–Kier alpha value is -12.2. The maximum atomic E-state index is 14.6. The maximum absolute atomic E-state index is 14.6. The van der Waals surface area contributed by atoms with Crippen LogP contribution in [0.2, 0.25) is 0 Å². The first kappa shape index (κ1) is 73.5. The molecule has 0 bridgehead atoms. The Morgan fingerprint density at radius 3 is 1.39 bits per heavy atom. The SMILES string of the molecule is COCCOC(=O)C(CC(=O)O)=C(O)C(=O)N(Cc1ccc2ccccc2c1)[C@H](C)[C@H](CC=Cc1nc2ccccc2o1)c1ccc2c(c1)OCO2.C[C@H]([C@H](CC=Cc1nc2ccccc2o1)c1ccc2c(c1)OCO2)N(Cc1ccc2ccccc2c1)C(=O)C(O)=C(CC(=O)O)C(=O)OC1CCCCC1. The Kier molecular flexibility index (Phi) is 23.8. The Morgan fingerprint density at radius 1 is 0.500 bits per heavy atom. The maximum Gasteiger partial charge on any atom is 0.338 e. The van der Waals surface area contributed by atoms with Crippen LogP contribution in [0.15, 0.2) is 214 Å². The molecule has 0 unspecified atom stereocenters. The molecule has 2 aromatic heterocycles. The summed E-state index contributed by atoms with van der Waals surface area (Å²) in [6.45, 7) is 3.77. The molecule has 2 aliphatic heterocycles. The van der Waals surface area contributed by atoms with E-state index in [-0.39, 0.29) is 39.9 Å². The number of fused-ring (bicyclic) bond motifs is 6. The van der Waals surface area contributed by atoms with Crippen molar-refractivity contribution in [2.24, 2.45) is 0 Å². The second kappa shape index (κ2) is 34.4. The van der Waals surface area contributed by atoms with Gasteiger partial charge in [0.2, 0.25) is 25.4 Å². The van der Waals surface area contributed by atoms with Crippen LogP contribution < -0.4 is 18.9 Å². The fourth-order valence-electron chi connectivity index (χ4n) is 13.4. The summed E-state index contributed by atoms with van der Waals surface area (Å²) in [6.07, 6.45) is 9.98. The second-order valence-corrected chi connectivity index (χ2v) is 26.1. The number of methoxy groups -OCH3 is 1. The fourth-order valence-corrected chi connectivity index (χ4v) is 13.4. The number of carbonyl (C=O) groups excluding carboxylic acids is 4. The van der Waals surface area contributed by atoms with Crippen LogP contribution in [0.4, 0.5) is 0 Å². The quantitative estimate of drug-likeness (QED) is 0.0153. The van der Waals surface area contributed by atoms with E-state index in [1.54, 1.807) is 18.2 Å². The third-order valence-electron chi connectivity index (χ3n) is 19.0. The van der Waals surface area contributed by atoms with Gasteiger partial charge in [-0.2, -0.15) is 0 Å². The van der Waals surface area contributed by atoms with Gasteiger partial charge in [0.05, 0.1) is 30.6 Å². The van der Waals surface area contributed by atoms with E-state index < -0.39 is 101 Å². The molecule has 3 aliphatic rings. The number of nitrogens with zero attached hydrogens (tertiary/aromatic N) is 4. The molecule has 106 heavy (non-hydrogen) atoms. The third-order valence-corrected chi connectivity index (χ3v) is 19.0. The number of amides is 2. The van der Waals surface area contributed by atoms with Crippen LogP contribution in [-0.2, 0) is 56.1 Å². The van der Waals surface area contributed by atoms with Crippen molar-refractivity contribution >= 4 is 91.6 Å². The molecule has 23 nitrogen and oxygen atoms in total. The molecule has 4 N–H and O–H groups in total. The molecule has 8 aromatic carbocycles. The number of benzene rings is 8. The van der Waals surface area contributed by atoms with Gasteiger partial charge in [0, 0.05) is 44.1 Å². The van der Waals surface area contributed by atoms with Gasteiger partial charge in [-0.3, -0.25) is 19.2 Å². The molecule has 23 heteroatoms. The Bertz CT molecular complexity index is 4940. The lowest BCUT2D eigenvalue weighted by atomic mass is 9.87. The van der Waals surface area contributed by atoms with E-state index in [2.05, 4.69) is 9.97 Å². The van der Waals surface area contributed by atoms with Gasteiger partial charge in [0.1, 0.15) is 23.7 Å². The first-order valence-corrected chi connectivity index (χ1v) is 35.0. The molecular weight excluding hydrogens is 1360 g/mol. The monoisotopic (exact) mass is 1440 g/mol. The number of esters is 2. The van der Waals surface area contributed by atoms with Crippen LogP contribution in [0.25, 0.3) is 55.9 Å². The number of carbonyl (C=O) groups is 6. The highest BCUT2D eigenvalue weighted by Gasteiger charge is 2.37. The number of carboxylic acids is 2. The van der Waals surface area contributed by atoms with Gasteiger partial charge in [-0.1, -0.05) is 128 Å². The average molecular weight is 1440 g/mol. The van der Waals surface area contributed by atoms with Crippen LogP contribution in [0, 0.1) is 0 Å². The molecule has 13 rings (SSSR count). The second-order valence-electron chi connectivity index (χ2n) is 26.1. The van der Waals surface area contributed by atoms with Crippen LogP contribution in [0.3, 0.4) is 0 Å². The first-order chi connectivity index (χ1) is 51.4. The van der Waals surface area contributed by atoms with Crippen molar-refractivity contribution in [3.63, 3.8) is 0 Å². The minimum atomic E-state index is -1.42. The highest BCUT2D eigenvalue weighted by molar-refractivity contribution is 6.04. The molecule has 4 atom stereocenters. The van der Waals surface area contributed by atoms with E-state index in [0.29, 0.717) is 71.6 Å². The van der Waals surface area contributed by atoms with Gasteiger partial charge in [0.25, 0.3) is 11.8 Å². The standard InChI is InChI=1S/C43H42N2O9.C40H38N2O10/c1-27(33(31-20-21-37-38(23-31)52-26-51-37)14-9-17-39-44-35-15-7-8-16-36(35)54-39)45(25-28-18-19-29-10-5-6-11-30(29)22-28)42(49)41(48)34(24-40(46)47)43(50)53-32-12-3-2-4-13-32;1-25(30(29-16-17-34-35(21-29)51-24-50-34)10-7-13-36-41-32-11-5-6-12-33(32)52-36)42(23-26-14-15-27-8-3-4-9-28(27)20-26)39(46)38(45)31(22-37(43)44)40(47)49-19-18-48-2/h5-11,15-23,27,32-33,48H,2-4,12-14,24-26H2,1H3,(H,46,47);3-9,11-17,20-21,25,30,45H,10,18-19,22-24H2,1-2H3,(H,43,44)/t27-,33+;25-,30+/m11/s1. The molecule has 0 radical (unpaired) electrons. The minimum absolute atomic E-state index is 0.0177. The lowest BCUT2D eigenvalue weighted by molar-refractivity contribution is -0.149. The summed E-state index contributed by atoms with van der Waals surface area (Å²) in [6, 6.07) is 52.0. The molecular formula is C83H80N4O19. The zero-order chi connectivity index (χ0) is 74.2. The number of oxazole rings is 2. The first-order valence-electron chi connectivity index (χ1n) is 35.0. The molecule has 546 valence electrons. The topological polar surface area (TPSA) is 306 Å². The minimum Gasteiger partial charge on any atom is -0.503 e. The third kappa shape index (κ3) is 18.0. The number of hydrogen-bond acceptors (Lipinski definition) is 19. The van der Waals surface area contributed by atoms with Gasteiger partial charge >= 0.3 is 23.9 Å². The van der Waals surface area contributed by atoms with Crippen molar-refractivity contribution in [1.82, 2.24) is 19.8 Å². The number of aliphatic hydroxyl groups is 2. The number of ether oxygens (including phenoxy) is 7. The average Bonchev–Trinajstić information content (AvgIpc) is 1.12. The Morgan fingerprint density at radius 2 is 0.934 bits per heavy atom. The van der Waals surface area contributed by atoms with E-state index in [1.165, 1.54) is 16.9 Å². The van der Waals surface area contributed by atoms with E-state index in [9.17, 15) is 49.2 Å². The van der Waals surface area contributed by atoms with Gasteiger partial charge in [-0.25, -0.2) is 19.6 Å². The van der Waals surface area contributed by atoms with Crippen molar-refractivity contribution in [3.05, 3.63) is 239 Å². The van der Waals surface area contributed by atoms with E-state index in [4.69, 9.17) is 42.0 Å². The van der Waals surface area contributed by atoms with Crippen molar-refractivity contribution in [2.45, 2.75) is 115 Å². The molecule has 0 saturated heterocycles. The van der Waals surface area contributed by atoms with Crippen molar-refractivity contribution < 1.29 is 91.2 Å². The number of carboxylic acid groups (broad SMARTS) is 2. The number of aromatic nitrogens is 2. The summed E-state index contributed by atoms with van der Waals surface area (Å²) in [5.74, 6) is -6.36. The van der Waals surface area contributed by atoms with Gasteiger partial charge in [-0.15, -0.1) is 0 Å². The molecule has 2 amide bonds. The smallest absolute Gasteiger partial charge is 0.338 e. The molecule has 1 fully saturated rings. The number of aliphatic carboxylic acids is 2. The lowest BCUT2D eigenvalue weighted by Crippen LogP contribution is -2.43. The zero-order valence-corrected chi connectivity index (χ0v) is 58.7. The summed E-state index contributed by atoms with van der Waals surface area (Å²) in [4.78, 5) is 91.4. The Labute approximate surface area is 610 Å². The van der Waals surface area contributed by atoms with Gasteiger partial charge in [0.15, 0.2) is 45.7 Å². The fraction of sp³-hybridized carbons (Fsp3) is 0.277. The summed E-state index contributed by atoms with van der Waals surface area (Å²) >= 11 is 0. The summed E-state index contributed by atoms with van der Waals surface area (Å²) in [5.41, 5.74) is 4.67. The van der Waals surface area contributed by atoms with E-state index in [0.717, 1.165) is 74.1 Å². The van der Waals surface area contributed by atoms with Crippen molar-refractivity contribution in [1.29, 1.82) is 0 Å². The molecule has 0 spiro atoms. The number of rotatable bonds is 28. The highest BCUT2D eigenvalue weighted by Crippen LogP contribution is 2.41. The molecule has 1 saturated carbocycles. The number of hydrogen-bond donors (Lipinski definition) is 4. The number of aliphatic hydroxyl groups excluding tert-OH is 2. The lowest BCUT2D eigenvalue weighted by Gasteiger charge is -2.35. The van der Waals surface area contributed by atoms with E-state index >= 15 is 0 Å². The zero-order valence-electron chi connectivity index (χ0n) is 58.7. The largest absolute Gasteiger partial charge is 0.503 e. The molecule has 1 aliphatic carbocycles. The number of allylic oxidation sites excluding steroid dienone is 2. The van der Waals surface area contributed by atoms with Crippen LogP contribution in [-0.4, -0.2) is 128 Å². The van der Waals surface area contributed by atoms with Crippen LogP contribution in [0.5, 0.6) is 23.0 Å². The molecule has 4 heterocycles. The predicted octanol–water partition coefficient (Wildman–Crippen LogP) is 15.3. The van der Waals surface area contributed by atoms with Crippen LogP contribution >= 0.6 is 0 Å². The Balaban J connectivity index is 0.000000199. The number of para-hydroxylation sites is 4. The summed E-state index contributed by atoms with van der Waals surface area (Å²) in [5, 5.41) is 46.4. The highest BCUT2D eigenvalue weighted by atomic mass is 16.7. The predicted molar refractivity (Wildman–Crippen MR) is 393 cm³/mol. The van der Waals surface area contributed by atoms with E-state index in [1.807, 2.05) is 190 Å². The summed E-state index contributed by atoms with van der Waals surface area (Å²) < 4.78 is 50.0. The summed E-state index contributed by atoms with van der Waals surface area (Å²) in [7, 11) is 1.41. The molecule has 10 aromatic rings. The normalized spacial score (nSPS) is 15.0. The van der Waals surface area contributed by atoms with Gasteiger partial charge in [-0.05, 0) is 169 Å². The van der Waals surface area contributed by atoms with Gasteiger partial charge < -0.3 is 72.2 Å². The van der Waals surface area contributed by atoms with Crippen molar-refractivity contribution in [3.8, 4) is 23.0 Å².